The van der Waals surface area contributed by atoms with E-state index in [1.165, 1.54) is 0 Å². The van der Waals surface area contributed by atoms with E-state index in [9.17, 15) is 14.4 Å². The van der Waals surface area contributed by atoms with Gasteiger partial charge in [-0.2, -0.15) is 0 Å². The Kier molecular flexibility index (Phi) is 6.91. The van der Waals surface area contributed by atoms with Crippen LogP contribution in [0.2, 0.25) is 0 Å². The fourth-order valence-electron chi connectivity index (χ4n) is 2.27. The Balaban J connectivity index is 1.83. The number of carbonyl (C=O) groups excluding carboxylic acids is 3. The summed E-state index contributed by atoms with van der Waals surface area (Å²) in [7, 11) is 1.59. The Bertz CT molecular complexity index is 767. The molecule has 26 heavy (non-hydrogen) atoms. The summed E-state index contributed by atoms with van der Waals surface area (Å²) >= 11 is 0. The summed E-state index contributed by atoms with van der Waals surface area (Å²) in [4.78, 5) is 34.9. The van der Waals surface area contributed by atoms with Crippen molar-refractivity contribution >= 4 is 23.3 Å². The molecule has 0 radical (unpaired) electrons. The van der Waals surface area contributed by atoms with Crippen molar-refractivity contribution in [3.05, 3.63) is 59.7 Å². The molecule has 136 valence electrons. The van der Waals surface area contributed by atoms with Crippen molar-refractivity contribution in [1.29, 1.82) is 0 Å². The third-order valence-corrected chi connectivity index (χ3v) is 3.75. The first-order valence-electron chi connectivity index (χ1n) is 8.37. The predicted molar refractivity (Wildman–Crippen MR) is 99.4 cm³/mol. The molecular formula is C20H22N2O4. The lowest BCUT2D eigenvalue weighted by Crippen LogP contribution is -2.21. The highest BCUT2D eigenvalue weighted by molar-refractivity contribution is 5.96. The molecular weight excluding hydrogens is 332 g/mol. The second-order valence-corrected chi connectivity index (χ2v) is 5.68. The molecule has 0 atom stereocenters. The van der Waals surface area contributed by atoms with Crippen LogP contribution < -0.4 is 15.4 Å². The van der Waals surface area contributed by atoms with E-state index in [0.29, 0.717) is 29.8 Å². The van der Waals surface area contributed by atoms with Gasteiger partial charge in [0.1, 0.15) is 5.75 Å². The SMILES string of the molecule is CCC(=O)c1ccc(OCC(=O)Nc2ccc(CC(=O)NC)cc2)cc1. The normalized spacial score (nSPS) is 10.1. The molecule has 2 aromatic carbocycles. The Labute approximate surface area is 152 Å². The van der Waals surface area contributed by atoms with Crippen LogP contribution in [-0.2, 0) is 16.0 Å². The van der Waals surface area contributed by atoms with Crippen LogP contribution in [0.3, 0.4) is 0 Å². The minimum atomic E-state index is -0.294. The molecule has 0 saturated carbocycles. The standard InChI is InChI=1S/C20H22N2O4/c1-3-18(23)15-6-10-17(11-7-15)26-13-20(25)22-16-8-4-14(5-9-16)12-19(24)21-2/h4-11H,3,12-13H2,1-2H3,(H,21,24)(H,22,25). The number of nitrogens with one attached hydrogen (secondary N) is 2. The average Bonchev–Trinajstić information content (AvgIpc) is 2.67. The molecule has 0 saturated heterocycles. The van der Waals surface area contributed by atoms with E-state index in [0.717, 1.165) is 5.56 Å². The van der Waals surface area contributed by atoms with E-state index in [2.05, 4.69) is 10.6 Å². The van der Waals surface area contributed by atoms with Gasteiger partial charge in [0, 0.05) is 24.7 Å². The van der Waals surface area contributed by atoms with Crippen LogP contribution in [0.5, 0.6) is 5.75 Å². The van der Waals surface area contributed by atoms with E-state index in [4.69, 9.17) is 4.74 Å². The zero-order valence-electron chi connectivity index (χ0n) is 14.9. The number of rotatable bonds is 8. The lowest BCUT2D eigenvalue weighted by Gasteiger charge is -2.09. The van der Waals surface area contributed by atoms with E-state index in [1.807, 2.05) is 6.92 Å². The van der Waals surface area contributed by atoms with Gasteiger partial charge in [0.05, 0.1) is 6.42 Å². The van der Waals surface area contributed by atoms with Crippen LogP contribution in [0.25, 0.3) is 0 Å². The quantitative estimate of drug-likeness (QED) is 0.714. The van der Waals surface area contributed by atoms with Crippen molar-refractivity contribution in [3.63, 3.8) is 0 Å². The molecule has 0 aliphatic carbocycles. The maximum absolute atomic E-state index is 12.0. The lowest BCUT2D eigenvalue weighted by atomic mass is 10.1. The number of likely N-dealkylation sites (N-methyl/N-ethyl adjacent to an activating group) is 1. The number of Topliss-reactive ketones (excluding diaryl/α,β-unsaturated/α-hetero) is 1. The van der Waals surface area contributed by atoms with Gasteiger partial charge in [-0.3, -0.25) is 14.4 Å². The summed E-state index contributed by atoms with van der Waals surface area (Å²) in [5.41, 5.74) is 2.12. The van der Waals surface area contributed by atoms with Crippen molar-refractivity contribution in [3.8, 4) is 5.75 Å². The zero-order valence-corrected chi connectivity index (χ0v) is 14.9. The first-order valence-corrected chi connectivity index (χ1v) is 8.37. The van der Waals surface area contributed by atoms with Gasteiger partial charge in [-0.05, 0) is 42.0 Å². The van der Waals surface area contributed by atoms with Crippen molar-refractivity contribution in [2.24, 2.45) is 0 Å². The summed E-state index contributed by atoms with van der Waals surface area (Å²) in [5.74, 6) is 0.225. The molecule has 0 aromatic heterocycles. The molecule has 0 unspecified atom stereocenters. The van der Waals surface area contributed by atoms with Gasteiger partial charge in [0.25, 0.3) is 5.91 Å². The molecule has 0 aliphatic rings. The fourth-order valence-corrected chi connectivity index (χ4v) is 2.27. The largest absolute Gasteiger partial charge is 0.484 e. The molecule has 0 bridgehead atoms. The summed E-state index contributed by atoms with van der Waals surface area (Å²) in [6.07, 6.45) is 0.745. The van der Waals surface area contributed by atoms with Crippen molar-refractivity contribution in [2.45, 2.75) is 19.8 Å². The molecule has 6 heteroatoms. The van der Waals surface area contributed by atoms with Gasteiger partial charge < -0.3 is 15.4 Å². The highest BCUT2D eigenvalue weighted by Gasteiger charge is 2.07. The fraction of sp³-hybridized carbons (Fsp3) is 0.250. The average molecular weight is 354 g/mol. The van der Waals surface area contributed by atoms with Gasteiger partial charge >= 0.3 is 0 Å². The topological polar surface area (TPSA) is 84.5 Å². The first kappa shape index (κ1) is 19.2. The number of ether oxygens (including phenoxy) is 1. The number of benzene rings is 2. The Morgan fingerprint density at radius 3 is 2.15 bits per heavy atom. The summed E-state index contributed by atoms with van der Waals surface area (Å²) in [6.45, 7) is 1.67. The van der Waals surface area contributed by atoms with E-state index in [-0.39, 0.29) is 24.2 Å². The van der Waals surface area contributed by atoms with E-state index < -0.39 is 0 Å². The third kappa shape index (κ3) is 5.73. The summed E-state index contributed by atoms with van der Waals surface area (Å²) in [5, 5.41) is 5.29. The summed E-state index contributed by atoms with van der Waals surface area (Å²) in [6, 6.07) is 13.8. The van der Waals surface area contributed by atoms with E-state index in [1.54, 1.807) is 55.6 Å². The predicted octanol–water partition coefficient (Wildman–Crippen LogP) is 2.59. The van der Waals surface area contributed by atoms with Crippen LogP contribution in [0.15, 0.2) is 48.5 Å². The number of ketones is 1. The Hall–Kier alpha value is -3.15. The van der Waals surface area contributed by atoms with Gasteiger partial charge in [0.2, 0.25) is 5.91 Å². The number of anilines is 1. The molecule has 0 aliphatic heterocycles. The van der Waals surface area contributed by atoms with Gasteiger partial charge in [-0.1, -0.05) is 19.1 Å². The molecule has 0 heterocycles. The molecule has 0 spiro atoms. The second kappa shape index (κ2) is 9.36. The lowest BCUT2D eigenvalue weighted by molar-refractivity contribution is -0.120. The minimum Gasteiger partial charge on any atom is -0.484 e. The number of hydrogen-bond donors (Lipinski definition) is 2. The molecule has 0 fully saturated rings. The van der Waals surface area contributed by atoms with E-state index >= 15 is 0 Å². The molecule has 2 rings (SSSR count). The highest BCUT2D eigenvalue weighted by atomic mass is 16.5. The van der Waals surface area contributed by atoms with Crippen LogP contribution in [-0.4, -0.2) is 31.3 Å². The van der Waals surface area contributed by atoms with Gasteiger partial charge in [-0.15, -0.1) is 0 Å². The number of amides is 2. The smallest absolute Gasteiger partial charge is 0.262 e. The maximum Gasteiger partial charge on any atom is 0.262 e. The molecule has 2 amide bonds. The van der Waals surface area contributed by atoms with Crippen molar-refractivity contribution in [2.75, 3.05) is 19.0 Å². The summed E-state index contributed by atoms with van der Waals surface area (Å²) < 4.78 is 5.42. The van der Waals surface area contributed by atoms with Crippen molar-refractivity contribution < 1.29 is 19.1 Å². The van der Waals surface area contributed by atoms with Crippen LogP contribution >= 0.6 is 0 Å². The second-order valence-electron chi connectivity index (χ2n) is 5.68. The minimum absolute atomic E-state index is 0.0640. The first-order chi connectivity index (χ1) is 12.5. The molecule has 2 N–H and O–H groups in total. The van der Waals surface area contributed by atoms with Crippen molar-refractivity contribution in [1.82, 2.24) is 5.32 Å². The zero-order chi connectivity index (χ0) is 18.9. The highest BCUT2D eigenvalue weighted by Crippen LogP contribution is 2.14. The van der Waals surface area contributed by atoms with Crippen LogP contribution in [0.1, 0.15) is 29.3 Å². The maximum atomic E-state index is 12.0. The van der Waals surface area contributed by atoms with Gasteiger partial charge in [0.15, 0.2) is 12.4 Å². The molecule has 6 nitrogen and oxygen atoms in total. The molecule has 2 aromatic rings. The van der Waals surface area contributed by atoms with Gasteiger partial charge in [-0.25, -0.2) is 0 Å². The Morgan fingerprint density at radius 1 is 0.923 bits per heavy atom. The number of hydrogen-bond acceptors (Lipinski definition) is 4. The Morgan fingerprint density at radius 2 is 1.58 bits per heavy atom. The number of carbonyl (C=O) groups is 3. The van der Waals surface area contributed by atoms with Crippen LogP contribution in [0, 0.1) is 0 Å². The van der Waals surface area contributed by atoms with Crippen LogP contribution in [0.4, 0.5) is 5.69 Å². The monoisotopic (exact) mass is 354 g/mol. The third-order valence-electron chi connectivity index (χ3n) is 3.75.